The number of carbonyl (C=O) groups excluding carboxylic acids is 2. The van der Waals surface area contributed by atoms with Crippen molar-refractivity contribution < 1.29 is 19.1 Å². The number of benzene rings is 1. The van der Waals surface area contributed by atoms with Gasteiger partial charge in [0.05, 0.1) is 18.0 Å². The second-order valence-corrected chi connectivity index (χ2v) is 5.16. The summed E-state index contributed by atoms with van der Waals surface area (Å²) in [7, 11) is 0. The van der Waals surface area contributed by atoms with E-state index in [-0.39, 0.29) is 18.3 Å². The SMILES string of the molecule is C=COC(=O)[C]=C(c1cccnc1)N1C(=O)OC[C@H]1c1ccccc1. The number of cyclic esters (lactones) is 1. The molecule has 0 bridgehead atoms. The molecule has 125 valence electrons. The van der Waals surface area contributed by atoms with E-state index in [0.717, 1.165) is 11.8 Å². The average molecular weight is 335 g/mol. The molecule has 1 aliphatic heterocycles. The number of ether oxygens (including phenoxy) is 2. The van der Waals surface area contributed by atoms with E-state index in [2.05, 4.69) is 17.6 Å². The summed E-state index contributed by atoms with van der Waals surface area (Å²) in [6.45, 7) is 3.52. The van der Waals surface area contributed by atoms with Crippen LogP contribution in [0.4, 0.5) is 4.79 Å². The van der Waals surface area contributed by atoms with Crippen LogP contribution < -0.4 is 0 Å². The fourth-order valence-electron chi connectivity index (χ4n) is 2.57. The number of hydrogen-bond donors (Lipinski definition) is 0. The van der Waals surface area contributed by atoms with E-state index in [1.807, 2.05) is 30.3 Å². The lowest BCUT2D eigenvalue weighted by Crippen LogP contribution is -2.27. The number of nitrogens with zero attached hydrogens (tertiary/aromatic N) is 2. The van der Waals surface area contributed by atoms with E-state index in [9.17, 15) is 9.59 Å². The molecule has 6 nitrogen and oxygen atoms in total. The van der Waals surface area contributed by atoms with Crippen molar-refractivity contribution in [3.63, 3.8) is 0 Å². The van der Waals surface area contributed by atoms with E-state index < -0.39 is 12.1 Å². The van der Waals surface area contributed by atoms with Gasteiger partial charge in [-0.2, -0.15) is 0 Å². The number of esters is 1. The van der Waals surface area contributed by atoms with Crippen molar-refractivity contribution in [3.05, 3.63) is 84.9 Å². The first kappa shape index (κ1) is 16.4. The van der Waals surface area contributed by atoms with E-state index in [1.165, 1.54) is 11.1 Å². The van der Waals surface area contributed by atoms with Crippen molar-refractivity contribution in [3.8, 4) is 0 Å². The summed E-state index contributed by atoms with van der Waals surface area (Å²) in [5.41, 5.74) is 1.66. The highest BCUT2D eigenvalue weighted by atomic mass is 16.6. The monoisotopic (exact) mass is 335 g/mol. The van der Waals surface area contributed by atoms with Crippen molar-refractivity contribution in [2.75, 3.05) is 6.61 Å². The third kappa shape index (κ3) is 3.58. The summed E-state index contributed by atoms with van der Waals surface area (Å²) >= 11 is 0. The zero-order chi connectivity index (χ0) is 17.6. The fourth-order valence-corrected chi connectivity index (χ4v) is 2.57. The molecule has 0 aliphatic carbocycles. The minimum Gasteiger partial charge on any atom is -0.447 e. The predicted octanol–water partition coefficient (Wildman–Crippen LogP) is 3.11. The van der Waals surface area contributed by atoms with Crippen molar-refractivity contribution >= 4 is 17.8 Å². The van der Waals surface area contributed by atoms with Crippen LogP contribution in [-0.4, -0.2) is 28.6 Å². The molecule has 6 heteroatoms. The smallest absolute Gasteiger partial charge is 0.415 e. The lowest BCUT2D eigenvalue weighted by Gasteiger charge is -2.24. The molecule has 2 heterocycles. The Hall–Kier alpha value is -3.41. The van der Waals surface area contributed by atoms with Crippen LogP contribution in [0, 0.1) is 6.08 Å². The molecule has 0 saturated carbocycles. The molecule has 1 aromatic heterocycles. The summed E-state index contributed by atoms with van der Waals surface area (Å²) in [5, 5.41) is 0. The topological polar surface area (TPSA) is 68.7 Å². The van der Waals surface area contributed by atoms with Gasteiger partial charge in [0.2, 0.25) is 0 Å². The van der Waals surface area contributed by atoms with Crippen LogP contribution in [-0.2, 0) is 14.3 Å². The third-order valence-electron chi connectivity index (χ3n) is 3.64. The molecule has 0 spiro atoms. The molecule has 25 heavy (non-hydrogen) atoms. The first-order valence-electron chi connectivity index (χ1n) is 7.57. The Bertz CT molecular complexity index is 803. The lowest BCUT2D eigenvalue weighted by molar-refractivity contribution is -0.133. The summed E-state index contributed by atoms with van der Waals surface area (Å²) in [6, 6.07) is 12.5. The zero-order valence-electron chi connectivity index (χ0n) is 13.3. The van der Waals surface area contributed by atoms with Crippen LogP contribution in [0.25, 0.3) is 5.70 Å². The van der Waals surface area contributed by atoms with Gasteiger partial charge in [-0.25, -0.2) is 9.59 Å². The highest BCUT2D eigenvalue weighted by molar-refractivity contribution is 5.92. The Morgan fingerprint density at radius 2 is 2.12 bits per heavy atom. The van der Waals surface area contributed by atoms with Crippen LogP contribution in [0.3, 0.4) is 0 Å². The molecule has 0 N–H and O–H groups in total. The fraction of sp³-hybridized carbons (Fsp3) is 0.105. The molecular formula is C19H15N2O4. The third-order valence-corrected chi connectivity index (χ3v) is 3.64. The van der Waals surface area contributed by atoms with E-state index in [1.54, 1.807) is 18.3 Å². The Labute approximate surface area is 145 Å². The second kappa shape index (κ2) is 7.44. The minimum atomic E-state index is -0.764. The van der Waals surface area contributed by atoms with Gasteiger partial charge in [-0.05, 0) is 17.7 Å². The largest absolute Gasteiger partial charge is 0.447 e. The highest BCUT2D eigenvalue weighted by Gasteiger charge is 2.37. The number of rotatable bonds is 5. The summed E-state index contributed by atoms with van der Waals surface area (Å²) < 4.78 is 9.93. The first-order valence-corrected chi connectivity index (χ1v) is 7.57. The van der Waals surface area contributed by atoms with Crippen molar-refractivity contribution in [2.45, 2.75) is 6.04 Å². The Balaban J connectivity index is 2.05. The maximum Gasteiger partial charge on any atom is 0.415 e. The van der Waals surface area contributed by atoms with Crippen molar-refractivity contribution in [1.82, 2.24) is 9.88 Å². The van der Waals surface area contributed by atoms with Crippen LogP contribution >= 0.6 is 0 Å². The van der Waals surface area contributed by atoms with Gasteiger partial charge in [0.25, 0.3) is 0 Å². The Morgan fingerprint density at radius 1 is 1.32 bits per heavy atom. The van der Waals surface area contributed by atoms with Crippen LogP contribution in [0.2, 0.25) is 0 Å². The van der Waals surface area contributed by atoms with Crippen molar-refractivity contribution in [2.24, 2.45) is 0 Å². The number of hydrogen-bond acceptors (Lipinski definition) is 5. The highest BCUT2D eigenvalue weighted by Crippen LogP contribution is 2.35. The summed E-state index contributed by atoms with van der Waals surface area (Å²) in [5.74, 6) is -0.764. The molecular weight excluding hydrogens is 320 g/mol. The van der Waals surface area contributed by atoms with E-state index >= 15 is 0 Å². The summed E-state index contributed by atoms with van der Waals surface area (Å²) in [4.78, 5) is 29.7. The Morgan fingerprint density at radius 3 is 2.80 bits per heavy atom. The summed E-state index contributed by atoms with van der Waals surface area (Å²) in [6.07, 6.45) is 6.16. The van der Waals surface area contributed by atoms with Gasteiger partial charge in [0, 0.05) is 18.0 Å². The van der Waals surface area contributed by atoms with Crippen LogP contribution in [0.5, 0.6) is 0 Å². The lowest BCUT2D eigenvalue weighted by atomic mass is 10.0. The number of pyridine rings is 1. The van der Waals surface area contributed by atoms with Crippen LogP contribution in [0.1, 0.15) is 17.2 Å². The minimum absolute atomic E-state index is 0.171. The molecule has 1 aromatic carbocycles. The zero-order valence-corrected chi connectivity index (χ0v) is 13.3. The maximum absolute atomic E-state index is 12.4. The molecule has 1 radical (unpaired) electrons. The first-order chi connectivity index (χ1) is 12.2. The second-order valence-electron chi connectivity index (χ2n) is 5.16. The predicted molar refractivity (Wildman–Crippen MR) is 89.5 cm³/mol. The molecule has 3 rings (SSSR count). The molecule has 1 atom stereocenters. The van der Waals surface area contributed by atoms with Gasteiger partial charge >= 0.3 is 12.1 Å². The van der Waals surface area contributed by atoms with Gasteiger partial charge in [0.1, 0.15) is 12.7 Å². The molecule has 0 unspecified atom stereocenters. The van der Waals surface area contributed by atoms with Gasteiger partial charge in [-0.1, -0.05) is 36.9 Å². The quantitative estimate of drug-likeness (QED) is 0.477. The van der Waals surface area contributed by atoms with Gasteiger partial charge in [-0.3, -0.25) is 9.88 Å². The van der Waals surface area contributed by atoms with Gasteiger partial charge in [-0.15, -0.1) is 0 Å². The molecule has 2 aromatic rings. The average Bonchev–Trinajstić information content (AvgIpc) is 3.03. The molecule has 1 saturated heterocycles. The maximum atomic E-state index is 12.4. The van der Waals surface area contributed by atoms with Crippen molar-refractivity contribution in [1.29, 1.82) is 0 Å². The Kier molecular flexibility index (Phi) is 4.89. The van der Waals surface area contributed by atoms with Gasteiger partial charge < -0.3 is 9.47 Å². The number of aromatic nitrogens is 1. The molecule has 1 amide bonds. The normalized spacial score (nSPS) is 17.1. The number of carbonyl (C=O) groups is 2. The van der Waals surface area contributed by atoms with Gasteiger partial charge in [0.15, 0.2) is 0 Å². The van der Waals surface area contributed by atoms with Crippen LogP contribution in [0.15, 0.2) is 67.7 Å². The standard InChI is InChI=1S/C19H15N2O4/c1-2-24-18(22)11-16(15-9-6-10-20-12-15)21-17(13-25-19(21)23)14-7-4-3-5-8-14/h2-10,12,17H,1,13H2/t17-/m0/s1. The van der Waals surface area contributed by atoms with E-state index in [4.69, 9.17) is 9.47 Å². The van der Waals surface area contributed by atoms with E-state index in [0.29, 0.717) is 5.56 Å². The molecule has 1 aliphatic rings. The number of amides is 1. The molecule has 1 fully saturated rings.